The van der Waals surface area contributed by atoms with E-state index in [1.54, 1.807) is 7.11 Å². The van der Waals surface area contributed by atoms with Gasteiger partial charge >= 0.3 is 0 Å². The average molecular weight is 369 g/mol. The summed E-state index contributed by atoms with van der Waals surface area (Å²) >= 11 is 0. The zero-order chi connectivity index (χ0) is 19.4. The molecule has 0 atom stereocenters. The number of hydrogen-bond acceptors (Lipinski definition) is 3. The standard InChI is InChI=1S/C21H27N3O3/c1-15-11-16(2)20(18(12-15)27-3)21(26)24-8-4-7-23(9-10-24)19(25)13-17-5-6-22-14-17/h5-6,11-12,14,22H,4,7-10,13H2,1-3H3. The van der Waals surface area contributed by atoms with E-state index in [-0.39, 0.29) is 11.8 Å². The highest BCUT2D eigenvalue weighted by Gasteiger charge is 2.26. The Bertz CT molecular complexity index is 814. The van der Waals surface area contributed by atoms with E-state index in [1.165, 1.54) is 0 Å². The van der Waals surface area contributed by atoms with Crippen molar-refractivity contribution >= 4 is 11.8 Å². The van der Waals surface area contributed by atoms with Crippen molar-refractivity contribution in [2.45, 2.75) is 26.7 Å². The third-order valence-corrected chi connectivity index (χ3v) is 5.03. The zero-order valence-electron chi connectivity index (χ0n) is 16.2. The molecule has 144 valence electrons. The van der Waals surface area contributed by atoms with Gasteiger partial charge in [0, 0.05) is 38.6 Å². The van der Waals surface area contributed by atoms with E-state index in [9.17, 15) is 9.59 Å². The summed E-state index contributed by atoms with van der Waals surface area (Å²) in [5.74, 6) is 0.694. The summed E-state index contributed by atoms with van der Waals surface area (Å²) in [4.78, 5) is 32.4. The van der Waals surface area contributed by atoms with Crippen LogP contribution < -0.4 is 4.74 Å². The van der Waals surface area contributed by atoms with E-state index in [1.807, 2.05) is 54.2 Å². The third-order valence-electron chi connectivity index (χ3n) is 5.03. The molecule has 1 aromatic heterocycles. The molecule has 27 heavy (non-hydrogen) atoms. The molecule has 0 bridgehead atoms. The lowest BCUT2D eigenvalue weighted by Crippen LogP contribution is -2.38. The SMILES string of the molecule is COc1cc(C)cc(C)c1C(=O)N1CCCN(C(=O)Cc2cc[nH]c2)CC1. The maximum absolute atomic E-state index is 13.1. The molecular formula is C21H27N3O3. The summed E-state index contributed by atoms with van der Waals surface area (Å²) in [5.41, 5.74) is 3.59. The van der Waals surface area contributed by atoms with Gasteiger partial charge in [-0.25, -0.2) is 0 Å². The van der Waals surface area contributed by atoms with Gasteiger partial charge in [-0.15, -0.1) is 0 Å². The van der Waals surface area contributed by atoms with Gasteiger partial charge in [-0.1, -0.05) is 6.07 Å². The number of benzene rings is 1. The molecule has 1 aliphatic rings. The monoisotopic (exact) mass is 369 g/mol. The maximum Gasteiger partial charge on any atom is 0.257 e. The summed E-state index contributed by atoms with van der Waals surface area (Å²) in [6.07, 6.45) is 4.83. The van der Waals surface area contributed by atoms with Gasteiger partial charge in [-0.2, -0.15) is 0 Å². The smallest absolute Gasteiger partial charge is 0.257 e. The summed E-state index contributed by atoms with van der Waals surface area (Å²) < 4.78 is 5.45. The van der Waals surface area contributed by atoms with Crippen molar-refractivity contribution in [1.29, 1.82) is 0 Å². The molecule has 0 spiro atoms. The number of rotatable bonds is 4. The number of carbonyl (C=O) groups is 2. The molecule has 1 aliphatic heterocycles. The number of amides is 2. The zero-order valence-corrected chi connectivity index (χ0v) is 16.2. The molecule has 1 saturated heterocycles. The first-order valence-corrected chi connectivity index (χ1v) is 9.33. The first kappa shape index (κ1) is 19.0. The Labute approximate surface area is 160 Å². The number of methoxy groups -OCH3 is 1. The van der Waals surface area contributed by atoms with Gasteiger partial charge in [0.05, 0.1) is 19.1 Å². The number of aryl methyl sites for hydroxylation is 2. The quantitative estimate of drug-likeness (QED) is 0.901. The van der Waals surface area contributed by atoms with Gasteiger partial charge in [0.1, 0.15) is 5.75 Å². The molecule has 6 nitrogen and oxygen atoms in total. The van der Waals surface area contributed by atoms with Crippen molar-refractivity contribution < 1.29 is 14.3 Å². The summed E-state index contributed by atoms with van der Waals surface area (Å²) in [5, 5.41) is 0. The van der Waals surface area contributed by atoms with Crippen LogP contribution in [0.1, 0.15) is 33.5 Å². The second-order valence-corrected chi connectivity index (χ2v) is 7.08. The molecule has 2 heterocycles. The van der Waals surface area contributed by atoms with Crippen LogP contribution in [0.15, 0.2) is 30.6 Å². The molecular weight excluding hydrogens is 342 g/mol. The summed E-state index contributed by atoms with van der Waals surface area (Å²) in [6.45, 7) is 6.34. The second-order valence-electron chi connectivity index (χ2n) is 7.08. The van der Waals surface area contributed by atoms with E-state index in [4.69, 9.17) is 4.74 Å². The van der Waals surface area contributed by atoms with Crippen molar-refractivity contribution in [3.63, 3.8) is 0 Å². The van der Waals surface area contributed by atoms with E-state index in [2.05, 4.69) is 4.98 Å². The van der Waals surface area contributed by atoms with Gasteiger partial charge in [-0.3, -0.25) is 9.59 Å². The topological polar surface area (TPSA) is 65.6 Å². The summed E-state index contributed by atoms with van der Waals surface area (Å²) in [6, 6.07) is 5.81. The first-order valence-electron chi connectivity index (χ1n) is 9.33. The molecule has 3 rings (SSSR count). The molecule has 0 radical (unpaired) electrons. The number of nitrogens with zero attached hydrogens (tertiary/aromatic N) is 2. The minimum Gasteiger partial charge on any atom is -0.496 e. The van der Waals surface area contributed by atoms with Gasteiger partial charge in [0.2, 0.25) is 5.91 Å². The fourth-order valence-electron chi connectivity index (χ4n) is 3.65. The van der Waals surface area contributed by atoms with Crippen molar-refractivity contribution in [3.05, 3.63) is 52.8 Å². The lowest BCUT2D eigenvalue weighted by atomic mass is 10.0. The Hall–Kier alpha value is -2.76. The minimum atomic E-state index is -0.0238. The number of nitrogens with one attached hydrogen (secondary N) is 1. The highest BCUT2D eigenvalue weighted by molar-refractivity contribution is 5.98. The normalized spacial score (nSPS) is 14.8. The van der Waals surface area contributed by atoms with Gasteiger partial charge in [-0.05, 0) is 49.1 Å². The molecule has 6 heteroatoms. The first-order chi connectivity index (χ1) is 13.0. The Balaban J connectivity index is 1.69. The molecule has 1 N–H and O–H groups in total. The largest absolute Gasteiger partial charge is 0.496 e. The van der Waals surface area contributed by atoms with Crippen LogP contribution in [0.4, 0.5) is 0 Å². The molecule has 0 saturated carbocycles. The molecule has 1 aromatic carbocycles. The lowest BCUT2D eigenvalue weighted by Gasteiger charge is -2.24. The Kier molecular flexibility index (Phi) is 5.84. The van der Waals surface area contributed by atoms with Crippen LogP contribution in [-0.2, 0) is 11.2 Å². The molecule has 0 unspecified atom stereocenters. The number of ether oxygens (including phenoxy) is 1. The van der Waals surface area contributed by atoms with Gasteiger partial charge in [0.25, 0.3) is 5.91 Å². The fourth-order valence-corrected chi connectivity index (χ4v) is 3.65. The second kappa shape index (κ2) is 8.29. The fraction of sp³-hybridized carbons (Fsp3) is 0.429. The van der Waals surface area contributed by atoms with Crippen LogP contribution >= 0.6 is 0 Å². The number of hydrogen-bond donors (Lipinski definition) is 1. The lowest BCUT2D eigenvalue weighted by molar-refractivity contribution is -0.130. The van der Waals surface area contributed by atoms with Crippen LogP contribution in [0.25, 0.3) is 0 Å². The van der Waals surface area contributed by atoms with E-state index in [0.29, 0.717) is 43.9 Å². The van der Waals surface area contributed by atoms with Crippen LogP contribution in [-0.4, -0.2) is 59.9 Å². The van der Waals surface area contributed by atoms with Crippen LogP contribution in [0.5, 0.6) is 5.75 Å². The predicted molar refractivity (Wildman–Crippen MR) is 104 cm³/mol. The Morgan fingerprint density at radius 1 is 1.11 bits per heavy atom. The van der Waals surface area contributed by atoms with E-state index in [0.717, 1.165) is 23.1 Å². The number of aromatic amines is 1. The van der Waals surface area contributed by atoms with Crippen LogP contribution in [0, 0.1) is 13.8 Å². The van der Waals surface area contributed by atoms with Crippen molar-refractivity contribution in [2.24, 2.45) is 0 Å². The number of H-pyrrole nitrogens is 1. The van der Waals surface area contributed by atoms with Crippen molar-refractivity contribution in [3.8, 4) is 5.75 Å². The average Bonchev–Trinajstić information content (AvgIpc) is 3.01. The predicted octanol–water partition coefficient (Wildman–Crippen LogP) is 2.56. The van der Waals surface area contributed by atoms with Crippen LogP contribution in [0.2, 0.25) is 0 Å². The number of aromatic nitrogens is 1. The Morgan fingerprint density at radius 2 is 1.85 bits per heavy atom. The van der Waals surface area contributed by atoms with Crippen molar-refractivity contribution in [2.75, 3.05) is 33.3 Å². The van der Waals surface area contributed by atoms with E-state index < -0.39 is 0 Å². The third kappa shape index (κ3) is 4.32. The highest BCUT2D eigenvalue weighted by atomic mass is 16.5. The van der Waals surface area contributed by atoms with Crippen LogP contribution in [0.3, 0.4) is 0 Å². The summed E-state index contributed by atoms with van der Waals surface area (Å²) in [7, 11) is 1.59. The molecule has 1 fully saturated rings. The minimum absolute atomic E-state index is 0.0238. The Morgan fingerprint density at radius 3 is 2.56 bits per heavy atom. The van der Waals surface area contributed by atoms with Gasteiger partial charge < -0.3 is 19.5 Å². The van der Waals surface area contributed by atoms with Crippen molar-refractivity contribution in [1.82, 2.24) is 14.8 Å². The molecule has 2 amide bonds. The number of carbonyl (C=O) groups excluding carboxylic acids is 2. The molecule has 2 aromatic rings. The van der Waals surface area contributed by atoms with Gasteiger partial charge in [0.15, 0.2) is 0 Å². The molecule has 0 aliphatic carbocycles. The van der Waals surface area contributed by atoms with E-state index >= 15 is 0 Å². The maximum atomic E-state index is 13.1. The highest BCUT2D eigenvalue weighted by Crippen LogP contribution is 2.26.